The van der Waals surface area contributed by atoms with Crippen LogP contribution >= 0.6 is 24.0 Å². The first-order chi connectivity index (χ1) is 9.08. The largest absolute Gasteiger partial charge is 0.351 e. The van der Waals surface area contributed by atoms with E-state index in [1.807, 2.05) is 0 Å². The lowest BCUT2D eigenvalue weighted by Gasteiger charge is -2.11. The minimum atomic E-state index is -0.486. The number of nitro benzene ring substituents is 1. The van der Waals surface area contributed by atoms with Crippen LogP contribution in [-0.4, -0.2) is 23.4 Å². The van der Waals surface area contributed by atoms with Crippen LogP contribution in [0.3, 0.4) is 0 Å². The predicted molar refractivity (Wildman–Crippen MR) is 78.2 cm³/mol. The summed E-state index contributed by atoms with van der Waals surface area (Å²) in [6.45, 7) is 1.03. The Morgan fingerprint density at radius 2 is 2.30 bits per heavy atom. The number of nitrogens with zero attached hydrogens (tertiary/aromatic N) is 1. The Balaban J connectivity index is 0.00000200. The number of benzene rings is 1. The van der Waals surface area contributed by atoms with Gasteiger partial charge in [0.25, 0.3) is 5.69 Å². The van der Waals surface area contributed by atoms with Crippen molar-refractivity contribution in [3.05, 3.63) is 38.9 Å². The normalized spacial score (nSPS) is 17.4. The van der Waals surface area contributed by atoms with Gasteiger partial charge in [-0.25, -0.2) is 0 Å². The summed E-state index contributed by atoms with van der Waals surface area (Å²) in [5, 5.41) is 16.9. The lowest BCUT2D eigenvalue weighted by atomic mass is 10.2. The third-order valence-electron chi connectivity index (χ3n) is 3.07. The molecule has 1 aromatic rings. The van der Waals surface area contributed by atoms with Crippen LogP contribution < -0.4 is 10.6 Å². The van der Waals surface area contributed by atoms with E-state index in [0.717, 1.165) is 19.4 Å². The van der Waals surface area contributed by atoms with Crippen LogP contribution in [0.1, 0.15) is 18.4 Å². The van der Waals surface area contributed by atoms with Gasteiger partial charge in [-0.1, -0.05) is 11.6 Å². The molecular weight excluding hydrogens is 305 g/mol. The smallest absolute Gasteiger partial charge is 0.269 e. The summed E-state index contributed by atoms with van der Waals surface area (Å²) in [5.74, 6) is -0.0972. The molecule has 8 heteroatoms. The fourth-order valence-corrected chi connectivity index (χ4v) is 2.21. The van der Waals surface area contributed by atoms with E-state index in [2.05, 4.69) is 10.6 Å². The third kappa shape index (κ3) is 4.06. The molecule has 2 rings (SSSR count). The van der Waals surface area contributed by atoms with Crippen molar-refractivity contribution in [3.8, 4) is 0 Å². The molecule has 2 N–H and O–H groups in total. The summed E-state index contributed by atoms with van der Waals surface area (Å²) in [6.07, 6.45) is 1.80. The Labute approximate surface area is 127 Å². The Morgan fingerprint density at radius 1 is 1.55 bits per heavy atom. The van der Waals surface area contributed by atoms with Gasteiger partial charge >= 0.3 is 0 Å². The van der Waals surface area contributed by atoms with E-state index in [4.69, 9.17) is 11.6 Å². The van der Waals surface area contributed by atoms with Gasteiger partial charge in [0.1, 0.15) is 0 Å². The number of carbonyl (C=O) groups excluding carboxylic acids is 1. The zero-order valence-corrected chi connectivity index (χ0v) is 12.2. The van der Waals surface area contributed by atoms with E-state index in [1.165, 1.54) is 18.2 Å². The van der Waals surface area contributed by atoms with Gasteiger partial charge in [0.05, 0.1) is 11.0 Å². The van der Waals surface area contributed by atoms with Crippen LogP contribution in [0.4, 0.5) is 5.69 Å². The lowest BCUT2D eigenvalue weighted by molar-refractivity contribution is -0.384. The Morgan fingerprint density at radius 3 is 2.90 bits per heavy atom. The molecule has 1 unspecified atom stereocenters. The summed E-state index contributed by atoms with van der Waals surface area (Å²) < 4.78 is 0. The van der Waals surface area contributed by atoms with Crippen LogP contribution in [0.25, 0.3) is 0 Å². The van der Waals surface area contributed by atoms with Crippen molar-refractivity contribution in [2.75, 3.05) is 6.54 Å². The summed E-state index contributed by atoms with van der Waals surface area (Å²) >= 11 is 5.95. The summed E-state index contributed by atoms with van der Waals surface area (Å²) in [6, 6.07) is 4.02. The SMILES string of the molecule is Cl.O=C(NCc1cc([N+](=O)[O-])ccc1Cl)C1CCCN1. The number of amides is 1. The molecule has 110 valence electrons. The third-order valence-corrected chi connectivity index (χ3v) is 3.44. The maximum atomic E-state index is 11.8. The maximum absolute atomic E-state index is 11.8. The van der Waals surface area contributed by atoms with Crippen LogP contribution in [0.15, 0.2) is 18.2 Å². The molecule has 20 heavy (non-hydrogen) atoms. The summed E-state index contributed by atoms with van der Waals surface area (Å²) in [5.41, 5.74) is 0.509. The van der Waals surface area contributed by atoms with Crippen molar-refractivity contribution >= 4 is 35.6 Å². The average Bonchev–Trinajstić information content (AvgIpc) is 2.91. The van der Waals surface area contributed by atoms with E-state index in [0.29, 0.717) is 10.6 Å². The number of rotatable bonds is 4. The van der Waals surface area contributed by atoms with Gasteiger partial charge in [0.15, 0.2) is 0 Å². The molecule has 0 aromatic heterocycles. The van der Waals surface area contributed by atoms with Gasteiger partial charge in [-0.05, 0) is 31.0 Å². The number of halogens is 2. The first kappa shape index (κ1) is 16.7. The second kappa shape index (κ2) is 7.42. The van der Waals surface area contributed by atoms with Crippen LogP contribution in [-0.2, 0) is 11.3 Å². The zero-order valence-electron chi connectivity index (χ0n) is 10.6. The van der Waals surface area contributed by atoms with Gasteiger partial charge < -0.3 is 10.6 Å². The fourth-order valence-electron chi connectivity index (χ4n) is 2.02. The van der Waals surface area contributed by atoms with E-state index in [9.17, 15) is 14.9 Å². The minimum absolute atomic E-state index is 0. The molecule has 0 aliphatic carbocycles. The molecular formula is C12H15Cl2N3O3. The minimum Gasteiger partial charge on any atom is -0.351 e. The second-order valence-corrected chi connectivity index (χ2v) is 4.81. The lowest BCUT2D eigenvalue weighted by Crippen LogP contribution is -2.40. The molecule has 0 radical (unpaired) electrons. The molecule has 1 fully saturated rings. The van der Waals surface area contributed by atoms with Gasteiger partial charge in [0, 0.05) is 23.7 Å². The number of nitrogens with one attached hydrogen (secondary N) is 2. The molecule has 1 aliphatic rings. The molecule has 1 saturated heterocycles. The highest BCUT2D eigenvalue weighted by atomic mass is 35.5. The number of nitro groups is 1. The summed E-state index contributed by atoms with van der Waals surface area (Å²) in [7, 11) is 0. The topological polar surface area (TPSA) is 84.3 Å². The molecule has 0 spiro atoms. The van der Waals surface area contributed by atoms with Crippen molar-refractivity contribution in [2.45, 2.75) is 25.4 Å². The van der Waals surface area contributed by atoms with Crippen molar-refractivity contribution in [1.82, 2.24) is 10.6 Å². The molecule has 1 heterocycles. The number of non-ortho nitro benzene ring substituents is 1. The van der Waals surface area contributed by atoms with E-state index in [-0.39, 0.29) is 36.6 Å². The van der Waals surface area contributed by atoms with E-state index >= 15 is 0 Å². The Hall–Kier alpha value is -1.37. The van der Waals surface area contributed by atoms with E-state index < -0.39 is 4.92 Å². The predicted octanol–water partition coefficient (Wildman–Crippen LogP) is 2.04. The first-order valence-corrected chi connectivity index (χ1v) is 6.39. The van der Waals surface area contributed by atoms with Crippen molar-refractivity contribution in [1.29, 1.82) is 0 Å². The molecule has 1 aromatic carbocycles. The highest BCUT2D eigenvalue weighted by molar-refractivity contribution is 6.31. The standard InChI is InChI=1S/C12H14ClN3O3.ClH/c13-10-4-3-9(16(18)19)6-8(10)7-15-12(17)11-2-1-5-14-11;/h3-4,6,11,14H,1-2,5,7H2,(H,15,17);1H. The number of hydrogen-bond donors (Lipinski definition) is 2. The molecule has 6 nitrogen and oxygen atoms in total. The van der Waals surface area contributed by atoms with Crippen LogP contribution in [0.5, 0.6) is 0 Å². The number of hydrogen-bond acceptors (Lipinski definition) is 4. The quantitative estimate of drug-likeness (QED) is 0.657. The van der Waals surface area contributed by atoms with Gasteiger partial charge in [-0.2, -0.15) is 0 Å². The Kier molecular flexibility index (Phi) is 6.19. The second-order valence-electron chi connectivity index (χ2n) is 4.40. The highest BCUT2D eigenvalue weighted by Gasteiger charge is 2.21. The van der Waals surface area contributed by atoms with Gasteiger partial charge in [-0.3, -0.25) is 14.9 Å². The van der Waals surface area contributed by atoms with E-state index in [1.54, 1.807) is 0 Å². The first-order valence-electron chi connectivity index (χ1n) is 6.02. The zero-order chi connectivity index (χ0) is 13.8. The maximum Gasteiger partial charge on any atom is 0.269 e. The number of carbonyl (C=O) groups is 1. The molecule has 0 saturated carbocycles. The van der Waals surface area contributed by atoms with Gasteiger partial charge in [0.2, 0.25) is 5.91 Å². The van der Waals surface area contributed by atoms with Crippen molar-refractivity contribution in [2.24, 2.45) is 0 Å². The van der Waals surface area contributed by atoms with Crippen molar-refractivity contribution in [3.63, 3.8) is 0 Å². The van der Waals surface area contributed by atoms with Crippen LogP contribution in [0, 0.1) is 10.1 Å². The van der Waals surface area contributed by atoms with Crippen LogP contribution in [0.2, 0.25) is 5.02 Å². The average molecular weight is 320 g/mol. The summed E-state index contributed by atoms with van der Waals surface area (Å²) in [4.78, 5) is 22.0. The van der Waals surface area contributed by atoms with Crippen molar-refractivity contribution < 1.29 is 9.72 Å². The highest BCUT2D eigenvalue weighted by Crippen LogP contribution is 2.21. The fraction of sp³-hybridized carbons (Fsp3) is 0.417. The molecule has 1 atom stereocenters. The Bertz CT molecular complexity index is 505. The molecule has 1 amide bonds. The monoisotopic (exact) mass is 319 g/mol. The molecule has 0 bridgehead atoms. The molecule has 1 aliphatic heterocycles. The van der Waals surface area contributed by atoms with Gasteiger partial charge in [-0.15, -0.1) is 12.4 Å².